The number of fused-ring (bicyclic) bond motifs is 1. The van der Waals surface area contributed by atoms with Gasteiger partial charge in [-0.15, -0.1) is 10.2 Å². The van der Waals surface area contributed by atoms with E-state index in [0.717, 1.165) is 23.3 Å². The van der Waals surface area contributed by atoms with E-state index < -0.39 is 0 Å². The molecule has 0 aliphatic rings. The van der Waals surface area contributed by atoms with Gasteiger partial charge in [-0.3, -0.25) is 4.98 Å². The Morgan fingerprint density at radius 1 is 1.30 bits per heavy atom. The molecule has 0 spiro atoms. The highest BCUT2D eigenvalue weighted by molar-refractivity contribution is 5.78. The van der Waals surface area contributed by atoms with Gasteiger partial charge in [-0.25, -0.2) is 0 Å². The van der Waals surface area contributed by atoms with Gasteiger partial charge >= 0.3 is 0 Å². The number of hydrogen-bond donors (Lipinski definition) is 1. The summed E-state index contributed by atoms with van der Waals surface area (Å²) >= 11 is 0. The molecular weight excluding hydrogens is 250 g/mol. The van der Waals surface area contributed by atoms with E-state index >= 15 is 0 Å². The van der Waals surface area contributed by atoms with E-state index in [1.54, 1.807) is 6.33 Å². The average Bonchev–Trinajstić information content (AvgIpc) is 2.91. The van der Waals surface area contributed by atoms with Crippen LogP contribution in [0.5, 0.6) is 0 Å². The number of aryl methyl sites for hydroxylation is 1. The fourth-order valence-corrected chi connectivity index (χ4v) is 2.28. The second-order valence-corrected chi connectivity index (χ2v) is 4.93. The summed E-state index contributed by atoms with van der Waals surface area (Å²) in [6.07, 6.45) is 3.53. The Labute approximate surface area is 117 Å². The minimum absolute atomic E-state index is 0.159. The maximum absolute atomic E-state index is 4.33. The summed E-state index contributed by atoms with van der Waals surface area (Å²) in [6, 6.07) is 10.5. The Hall–Kier alpha value is -2.27. The van der Waals surface area contributed by atoms with Gasteiger partial charge in [0.05, 0.1) is 11.6 Å². The van der Waals surface area contributed by atoms with Crippen LogP contribution in [0.4, 0.5) is 0 Å². The van der Waals surface area contributed by atoms with Crippen LogP contribution in [0.25, 0.3) is 10.9 Å². The molecule has 3 aromatic rings. The minimum atomic E-state index is 0.159. The number of nitrogens with zero attached hydrogens (tertiary/aromatic N) is 4. The van der Waals surface area contributed by atoms with Crippen LogP contribution < -0.4 is 5.32 Å². The van der Waals surface area contributed by atoms with Crippen molar-refractivity contribution < 1.29 is 0 Å². The van der Waals surface area contributed by atoms with Crippen LogP contribution >= 0.6 is 0 Å². The molecule has 0 aliphatic heterocycles. The van der Waals surface area contributed by atoms with Crippen molar-refractivity contribution in [1.82, 2.24) is 25.1 Å². The van der Waals surface area contributed by atoms with Crippen molar-refractivity contribution in [2.24, 2.45) is 7.05 Å². The summed E-state index contributed by atoms with van der Waals surface area (Å²) in [7, 11) is 1.95. The molecular formula is C15H17N5. The van der Waals surface area contributed by atoms with E-state index in [9.17, 15) is 0 Å². The predicted molar refractivity (Wildman–Crippen MR) is 78.0 cm³/mol. The van der Waals surface area contributed by atoms with Crippen molar-refractivity contribution in [2.75, 3.05) is 0 Å². The first-order chi connectivity index (χ1) is 9.74. The van der Waals surface area contributed by atoms with Crippen molar-refractivity contribution in [3.8, 4) is 0 Å². The quantitative estimate of drug-likeness (QED) is 0.787. The highest BCUT2D eigenvalue weighted by Gasteiger charge is 2.10. The molecule has 0 bridgehead atoms. The smallest absolute Gasteiger partial charge is 0.149 e. The fourth-order valence-electron chi connectivity index (χ4n) is 2.28. The number of pyridine rings is 1. The van der Waals surface area contributed by atoms with Crippen LogP contribution in [-0.4, -0.2) is 19.7 Å². The Morgan fingerprint density at radius 2 is 2.20 bits per heavy atom. The third-order valence-corrected chi connectivity index (χ3v) is 3.41. The molecule has 3 rings (SSSR count). The lowest BCUT2D eigenvalue weighted by atomic mass is 10.1. The zero-order valence-corrected chi connectivity index (χ0v) is 11.6. The van der Waals surface area contributed by atoms with E-state index in [2.05, 4.69) is 51.7 Å². The molecule has 2 aromatic heterocycles. The van der Waals surface area contributed by atoms with Crippen LogP contribution in [0.15, 0.2) is 42.9 Å². The van der Waals surface area contributed by atoms with Crippen molar-refractivity contribution in [3.63, 3.8) is 0 Å². The Morgan fingerprint density at radius 3 is 3.00 bits per heavy atom. The molecule has 0 saturated heterocycles. The molecule has 0 saturated carbocycles. The second kappa shape index (κ2) is 5.38. The molecule has 1 N–H and O–H groups in total. The van der Waals surface area contributed by atoms with E-state index in [-0.39, 0.29) is 6.04 Å². The summed E-state index contributed by atoms with van der Waals surface area (Å²) in [5.41, 5.74) is 2.26. The average molecular weight is 267 g/mol. The lowest BCUT2D eigenvalue weighted by molar-refractivity contribution is 0.528. The summed E-state index contributed by atoms with van der Waals surface area (Å²) < 4.78 is 1.93. The van der Waals surface area contributed by atoms with Gasteiger partial charge < -0.3 is 9.88 Å². The zero-order valence-electron chi connectivity index (χ0n) is 11.6. The zero-order chi connectivity index (χ0) is 13.9. The van der Waals surface area contributed by atoms with Gasteiger partial charge in [-0.05, 0) is 30.7 Å². The summed E-state index contributed by atoms with van der Waals surface area (Å²) in [6.45, 7) is 2.88. The predicted octanol–water partition coefficient (Wildman–Crippen LogP) is 2.21. The molecule has 102 valence electrons. The van der Waals surface area contributed by atoms with Crippen molar-refractivity contribution >= 4 is 10.9 Å². The lowest BCUT2D eigenvalue weighted by Crippen LogP contribution is -2.21. The van der Waals surface area contributed by atoms with Crippen LogP contribution in [0.1, 0.15) is 24.4 Å². The third-order valence-electron chi connectivity index (χ3n) is 3.41. The SMILES string of the molecule is CC(NCc1ccc2ncccc2c1)c1nncn1C. The minimum Gasteiger partial charge on any atom is -0.319 e. The largest absolute Gasteiger partial charge is 0.319 e. The Balaban J connectivity index is 1.72. The number of nitrogens with one attached hydrogen (secondary N) is 1. The molecule has 5 nitrogen and oxygen atoms in total. The number of aromatic nitrogens is 4. The normalized spacial score (nSPS) is 12.7. The van der Waals surface area contributed by atoms with E-state index in [1.807, 2.05) is 23.9 Å². The van der Waals surface area contributed by atoms with Gasteiger partial charge in [0, 0.05) is 25.2 Å². The van der Waals surface area contributed by atoms with Crippen LogP contribution in [0.2, 0.25) is 0 Å². The number of hydrogen-bond acceptors (Lipinski definition) is 4. The Kier molecular flexibility index (Phi) is 3.43. The van der Waals surface area contributed by atoms with E-state index in [4.69, 9.17) is 0 Å². The standard InChI is InChI=1S/C15H17N5/c1-11(15-19-18-10-20(15)2)17-9-12-5-6-14-13(8-12)4-3-7-16-14/h3-8,10-11,17H,9H2,1-2H3. The summed E-state index contributed by atoms with van der Waals surface area (Å²) in [5, 5.41) is 12.6. The van der Waals surface area contributed by atoms with Crippen LogP contribution in [-0.2, 0) is 13.6 Å². The molecule has 20 heavy (non-hydrogen) atoms. The first kappa shape index (κ1) is 12.7. The maximum atomic E-state index is 4.33. The first-order valence-electron chi connectivity index (χ1n) is 6.65. The van der Waals surface area contributed by atoms with Gasteiger partial charge in [0.2, 0.25) is 0 Å². The summed E-state index contributed by atoms with van der Waals surface area (Å²) in [5.74, 6) is 0.937. The molecule has 1 unspecified atom stereocenters. The van der Waals surface area contributed by atoms with Crippen molar-refractivity contribution in [2.45, 2.75) is 19.5 Å². The molecule has 1 aromatic carbocycles. The van der Waals surface area contributed by atoms with Crippen LogP contribution in [0.3, 0.4) is 0 Å². The third kappa shape index (κ3) is 2.53. The molecule has 0 fully saturated rings. The first-order valence-corrected chi connectivity index (χ1v) is 6.65. The molecule has 1 atom stereocenters. The molecule has 0 aliphatic carbocycles. The molecule has 5 heteroatoms. The van der Waals surface area contributed by atoms with Gasteiger partial charge in [0.1, 0.15) is 12.2 Å². The molecule has 2 heterocycles. The van der Waals surface area contributed by atoms with Gasteiger partial charge in [-0.1, -0.05) is 12.1 Å². The van der Waals surface area contributed by atoms with Crippen LogP contribution in [0, 0.1) is 0 Å². The number of rotatable bonds is 4. The monoisotopic (exact) mass is 267 g/mol. The van der Waals surface area contributed by atoms with Crippen molar-refractivity contribution in [1.29, 1.82) is 0 Å². The molecule has 0 amide bonds. The highest BCUT2D eigenvalue weighted by atomic mass is 15.3. The van der Waals surface area contributed by atoms with E-state index in [1.165, 1.54) is 5.56 Å². The topological polar surface area (TPSA) is 55.6 Å². The van der Waals surface area contributed by atoms with Gasteiger partial charge in [0.25, 0.3) is 0 Å². The second-order valence-electron chi connectivity index (χ2n) is 4.93. The van der Waals surface area contributed by atoms with Gasteiger partial charge in [0.15, 0.2) is 0 Å². The maximum Gasteiger partial charge on any atom is 0.149 e. The summed E-state index contributed by atoms with van der Waals surface area (Å²) in [4.78, 5) is 4.33. The molecule has 0 radical (unpaired) electrons. The number of benzene rings is 1. The van der Waals surface area contributed by atoms with Crippen molar-refractivity contribution in [3.05, 3.63) is 54.2 Å². The van der Waals surface area contributed by atoms with E-state index in [0.29, 0.717) is 0 Å². The Bertz CT molecular complexity index is 719. The van der Waals surface area contributed by atoms with Gasteiger partial charge in [-0.2, -0.15) is 0 Å². The highest BCUT2D eigenvalue weighted by Crippen LogP contribution is 2.14. The lowest BCUT2D eigenvalue weighted by Gasteiger charge is -2.13. The fraction of sp³-hybridized carbons (Fsp3) is 0.267.